The van der Waals surface area contributed by atoms with Crippen LogP contribution in [0.4, 0.5) is 8.78 Å². The van der Waals surface area contributed by atoms with Crippen molar-refractivity contribution in [3.63, 3.8) is 0 Å². The monoisotopic (exact) mass is 328 g/mol. The summed E-state index contributed by atoms with van der Waals surface area (Å²) in [5, 5.41) is 13.5. The summed E-state index contributed by atoms with van der Waals surface area (Å²) in [5.41, 5.74) is 1.25. The van der Waals surface area contributed by atoms with Crippen molar-refractivity contribution in [1.82, 2.24) is 19.6 Å². The number of hydrogen-bond acceptors (Lipinski definition) is 4. The molecule has 0 unspecified atom stereocenters. The van der Waals surface area contributed by atoms with Crippen molar-refractivity contribution < 1.29 is 18.7 Å². The maximum Gasteiger partial charge on any atom is 0.262 e. The molecular formula is C15H22F2N4O2. The Labute approximate surface area is 133 Å². The fourth-order valence-corrected chi connectivity index (χ4v) is 3.41. The third kappa shape index (κ3) is 2.97. The second-order valence-corrected chi connectivity index (χ2v) is 6.42. The van der Waals surface area contributed by atoms with Gasteiger partial charge in [0.05, 0.1) is 24.4 Å². The first-order chi connectivity index (χ1) is 10.8. The molecule has 2 fully saturated rings. The molecule has 1 N–H and O–H groups in total. The highest BCUT2D eigenvalue weighted by Gasteiger charge is 2.50. The molecule has 1 amide bonds. The molecule has 128 valence electrons. The van der Waals surface area contributed by atoms with Gasteiger partial charge in [-0.1, -0.05) is 0 Å². The highest BCUT2D eigenvalue weighted by Crippen LogP contribution is 2.35. The molecule has 0 radical (unpaired) electrons. The highest BCUT2D eigenvalue weighted by atomic mass is 19.3. The van der Waals surface area contributed by atoms with Gasteiger partial charge in [0.15, 0.2) is 0 Å². The molecule has 1 aromatic heterocycles. The van der Waals surface area contributed by atoms with Gasteiger partial charge in [0.2, 0.25) is 0 Å². The number of aliphatic hydroxyl groups excluding tert-OH is 1. The number of carbonyl (C=O) groups excluding carboxylic acids is 1. The van der Waals surface area contributed by atoms with E-state index in [0.717, 1.165) is 0 Å². The second-order valence-electron chi connectivity index (χ2n) is 6.42. The van der Waals surface area contributed by atoms with Crippen molar-refractivity contribution in [3.8, 4) is 0 Å². The number of halogens is 2. The van der Waals surface area contributed by atoms with Gasteiger partial charge in [-0.25, -0.2) is 8.78 Å². The number of aliphatic hydroxyl groups is 1. The van der Waals surface area contributed by atoms with Gasteiger partial charge in [-0.05, 0) is 13.8 Å². The van der Waals surface area contributed by atoms with E-state index in [1.54, 1.807) is 27.6 Å². The van der Waals surface area contributed by atoms with Crippen LogP contribution in [-0.4, -0.2) is 74.8 Å². The summed E-state index contributed by atoms with van der Waals surface area (Å²) in [7, 11) is 0. The molecule has 3 heterocycles. The number of nitrogens with zero attached hydrogens (tertiary/aromatic N) is 4. The second kappa shape index (κ2) is 5.83. The minimum Gasteiger partial charge on any atom is -0.395 e. The topological polar surface area (TPSA) is 61.6 Å². The molecule has 2 saturated heterocycles. The molecule has 0 aromatic carbocycles. The zero-order valence-electron chi connectivity index (χ0n) is 13.4. The van der Waals surface area contributed by atoms with Crippen LogP contribution in [0.2, 0.25) is 0 Å². The maximum absolute atomic E-state index is 13.5. The summed E-state index contributed by atoms with van der Waals surface area (Å²) < 4.78 is 28.8. The lowest BCUT2D eigenvalue weighted by Crippen LogP contribution is -2.62. The van der Waals surface area contributed by atoms with Gasteiger partial charge in [-0.2, -0.15) is 5.10 Å². The average Bonchev–Trinajstić information content (AvgIpc) is 2.96. The molecule has 0 spiro atoms. The summed E-state index contributed by atoms with van der Waals surface area (Å²) in [6.07, 6.45) is 1.42. The summed E-state index contributed by atoms with van der Waals surface area (Å²) in [4.78, 5) is 15.8. The first-order valence-electron chi connectivity index (χ1n) is 7.92. The molecule has 1 atom stereocenters. The minimum atomic E-state index is -2.75. The lowest BCUT2D eigenvalue weighted by molar-refractivity contribution is -0.0125. The molecule has 23 heavy (non-hydrogen) atoms. The van der Waals surface area contributed by atoms with Gasteiger partial charge >= 0.3 is 0 Å². The maximum atomic E-state index is 13.5. The summed E-state index contributed by atoms with van der Waals surface area (Å²) in [6, 6.07) is -0.622. The Morgan fingerprint density at radius 2 is 2.17 bits per heavy atom. The molecule has 8 heteroatoms. The Kier molecular flexibility index (Phi) is 4.14. The SMILES string of the molecule is CCn1cc(C(=O)N2CC(N3CC(F)(F)C[C@H]3CO)C2)c(C)n1. The standard InChI is InChI=1S/C15H22F2N4O2/c1-3-20-7-13(10(2)18-20)14(23)19-5-12(6-19)21-9-15(16,17)4-11(21)8-22/h7,11-12,22H,3-6,8-9H2,1-2H3/t11-/m0/s1. The lowest BCUT2D eigenvalue weighted by atomic mass is 10.0. The van der Waals surface area contributed by atoms with Crippen LogP contribution in [-0.2, 0) is 6.54 Å². The predicted octanol–water partition coefficient (Wildman–Crippen LogP) is 0.738. The molecule has 0 aliphatic carbocycles. The third-order valence-corrected chi connectivity index (χ3v) is 4.75. The largest absolute Gasteiger partial charge is 0.395 e. The number of likely N-dealkylation sites (tertiary alicyclic amines) is 2. The fourth-order valence-electron chi connectivity index (χ4n) is 3.41. The quantitative estimate of drug-likeness (QED) is 0.885. The van der Waals surface area contributed by atoms with Gasteiger partial charge in [0.1, 0.15) is 0 Å². The number of aryl methyl sites for hydroxylation is 2. The molecular weight excluding hydrogens is 306 g/mol. The van der Waals surface area contributed by atoms with E-state index in [0.29, 0.717) is 30.9 Å². The van der Waals surface area contributed by atoms with E-state index in [-0.39, 0.29) is 31.5 Å². The van der Waals surface area contributed by atoms with Crippen LogP contribution in [0.5, 0.6) is 0 Å². The van der Waals surface area contributed by atoms with Crippen molar-refractivity contribution in [3.05, 3.63) is 17.5 Å². The van der Waals surface area contributed by atoms with Crippen molar-refractivity contribution >= 4 is 5.91 Å². The fraction of sp³-hybridized carbons (Fsp3) is 0.733. The first kappa shape index (κ1) is 16.3. The molecule has 0 saturated carbocycles. The van der Waals surface area contributed by atoms with Crippen molar-refractivity contribution in [2.24, 2.45) is 0 Å². The van der Waals surface area contributed by atoms with Crippen LogP contribution < -0.4 is 0 Å². The van der Waals surface area contributed by atoms with Gasteiger partial charge < -0.3 is 10.0 Å². The van der Waals surface area contributed by atoms with Crippen LogP contribution >= 0.6 is 0 Å². The predicted molar refractivity (Wildman–Crippen MR) is 79.5 cm³/mol. The van der Waals surface area contributed by atoms with Gasteiger partial charge in [-0.15, -0.1) is 0 Å². The van der Waals surface area contributed by atoms with Gasteiger partial charge in [0, 0.05) is 44.3 Å². The lowest BCUT2D eigenvalue weighted by Gasteiger charge is -2.45. The number of rotatable bonds is 4. The van der Waals surface area contributed by atoms with E-state index < -0.39 is 12.0 Å². The van der Waals surface area contributed by atoms with E-state index >= 15 is 0 Å². The number of carbonyl (C=O) groups is 1. The van der Waals surface area contributed by atoms with Crippen LogP contribution in [0.1, 0.15) is 29.4 Å². The average molecular weight is 328 g/mol. The first-order valence-corrected chi connectivity index (χ1v) is 7.92. The Hall–Kier alpha value is -1.54. The van der Waals surface area contributed by atoms with Crippen molar-refractivity contribution in [1.29, 1.82) is 0 Å². The Bertz CT molecular complexity index is 598. The highest BCUT2D eigenvalue weighted by molar-refractivity contribution is 5.95. The summed E-state index contributed by atoms with van der Waals surface area (Å²) in [6.45, 7) is 4.66. The number of hydrogen-bond donors (Lipinski definition) is 1. The van der Waals surface area contributed by atoms with Crippen molar-refractivity contribution in [2.75, 3.05) is 26.2 Å². The Morgan fingerprint density at radius 3 is 2.74 bits per heavy atom. The molecule has 2 aliphatic rings. The zero-order chi connectivity index (χ0) is 16.8. The summed E-state index contributed by atoms with van der Waals surface area (Å²) in [5.74, 6) is -2.86. The van der Waals surface area contributed by atoms with Gasteiger partial charge in [0.25, 0.3) is 11.8 Å². The Balaban J connectivity index is 1.62. The van der Waals surface area contributed by atoms with E-state index in [1.807, 2.05) is 6.92 Å². The van der Waals surface area contributed by atoms with E-state index in [9.17, 15) is 18.7 Å². The van der Waals surface area contributed by atoms with Crippen molar-refractivity contribution in [2.45, 2.75) is 44.8 Å². The molecule has 3 rings (SSSR count). The molecule has 1 aromatic rings. The minimum absolute atomic E-state index is 0.106. The van der Waals surface area contributed by atoms with E-state index in [1.165, 1.54) is 0 Å². The Morgan fingerprint density at radius 1 is 1.48 bits per heavy atom. The number of amides is 1. The van der Waals surface area contributed by atoms with Crippen LogP contribution in [0.25, 0.3) is 0 Å². The van der Waals surface area contributed by atoms with Crippen LogP contribution in [0.15, 0.2) is 6.20 Å². The third-order valence-electron chi connectivity index (χ3n) is 4.75. The smallest absolute Gasteiger partial charge is 0.262 e. The summed E-state index contributed by atoms with van der Waals surface area (Å²) >= 11 is 0. The number of alkyl halides is 2. The van der Waals surface area contributed by atoms with Crippen LogP contribution in [0.3, 0.4) is 0 Å². The molecule has 0 bridgehead atoms. The van der Waals surface area contributed by atoms with Crippen LogP contribution in [0, 0.1) is 6.92 Å². The van der Waals surface area contributed by atoms with E-state index in [2.05, 4.69) is 5.10 Å². The van der Waals surface area contributed by atoms with Gasteiger partial charge in [-0.3, -0.25) is 14.4 Å². The molecule has 6 nitrogen and oxygen atoms in total. The number of aromatic nitrogens is 2. The zero-order valence-corrected chi connectivity index (χ0v) is 13.4. The van der Waals surface area contributed by atoms with E-state index in [4.69, 9.17) is 0 Å². The normalized spacial score (nSPS) is 24.9. The molecule has 2 aliphatic heterocycles.